The predicted octanol–water partition coefficient (Wildman–Crippen LogP) is 5.78. The van der Waals surface area contributed by atoms with E-state index in [9.17, 15) is 4.79 Å². The lowest BCUT2D eigenvalue weighted by Gasteiger charge is -2.13. The molecule has 0 unspecified atom stereocenters. The first kappa shape index (κ1) is 19.6. The smallest absolute Gasteiger partial charge is 0.158 e. The number of imidazole rings is 1. The Bertz CT molecular complexity index is 1170. The Morgan fingerprint density at radius 3 is 2.86 bits per heavy atom. The quantitative estimate of drug-likeness (QED) is 0.381. The van der Waals surface area contributed by atoms with Gasteiger partial charge >= 0.3 is 0 Å². The van der Waals surface area contributed by atoms with Crippen molar-refractivity contribution in [2.24, 2.45) is 5.92 Å². The Labute approximate surface area is 177 Å². The molecule has 0 spiro atoms. The maximum atomic E-state index is 11.0. The third-order valence-corrected chi connectivity index (χ3v) is 5.46. The molecule has 0 aliphatic rings. The summed E-state index contributed by atoms with van der Waals surface area (Å²) in [5.41, 5.74) is 4.02. The highest BCUT2D eigenvalue weighted by Crippen LogP contribution is 2.29. The number of aromatic nitrogens is 3. The van der Waals surface area contributed by atoms with Crippen molar-refractivity contribution in [2.75, 3.05) is 6.61 Å². The number of H-pyrrole nitrogens is 1. The van der Waals surface area contributed by atoms with Crippen LogP contribution in [0.4, 0.5) is 0 Å². The molecule has 7 heteroatoms. The summed E-state index contributed by atoms with van der Waals surface area (Å²) in [6, 6.07) is 11.1. The highest BCUT2D eigenvalue weighted by Gasteiger charge is 2.13. The van der Waals surface area contributed by atoms with Gasteiger partial charge in [-0.15, -0.1) is 11.3 Å². The number of fused-ring (bicyclic) bond motifs is 1. The van der Waals surface area contributed by atoms with Gasteiger partial charge < -0.3 is 9.72 Å². The van der Waals surface area contributed by atoms with Gasteiger partial charge in [-0.3, -0.25) is 4.79 Å². The highest BCUT2D eigenvalue weighted by molar-refractivity contribution is 7.10. The van der Waals surface area contributed by atoms with Crippen molar-refractivity contribution in [2.45, 2.75) is 20.3 Å². The maximum Gasteiger partial charge on any atom is 0.158 e. The molecule has 0 aliphatic heterocycles. The number of aldehydes is 1. The Kier molecular flexibility index (Phi) is 5.65. The van der Waals surface area contributed by atoms with Crippen LogP contribution < -0.4 is 4.74 Å². The summed E-state index contributed by atoms with van der Waals surface area (Å²) in [4.78, 5) is 23.5. The minimum Gasteiger partial charge on any atom is -0.493 e. The van der Waals surface area contributed by atoms with Crippen molar-refractivity contribution >= 4 is 40.3 Å². The molecule has 2 aromatic carbocycles. The van der Waals surface area contributed by atoms with E-state index in [1.807, 2.05) is 29.6 Å². The molecule has 1 N–H and O–H groups in total. The molecule has 0 amide bonds. The van der Waals surface area contributed by atoms with Crippen LogP contribution in [0.2, 0.25) is 5.02 Å². The molecule has 2 aromatic heterocycles. The van der Waals surface area contributed by atoms with Crippen LogP contribution in [0.5, 0.6) is 5.75 Å². The van der Waals surface area contributed by atoms with Crippen molar-refractivity contribution in [3.63, 3.8) is 0 Å². The summed E-state index contributed by atoms with van der Waals surface area (Å²) in [6.07, 6.45) is 1.45. The van der Waals surface area contributed by atoms with E-state index < -0.39 is 0 Å². The van der Waals surface area contributed by atoms with E-state index in [1.54, 1.807) is 23.5 Å². The third kappa shape index (κ3) is 4.49. The zero-order chi connectivity index (χ0) is 20.4. The van der Waals surface area contributed by atoms with Gasteiger partial charge in [-0.1, -0.05) is 25.4 Å². The van der Waals surface area contributed by atoms with Gasteiger partial charge in [0.1, 0.15) is 17.7 Å². The summed E-state index contributed by atoms with van der Waals surface area (Å²) < 4.78 is 5.95. The first-order valence-electron chi connectivity index (χ1n) is 9.33. The largest absolute Gasteiger partial charge is 0.493 e. The van der Waals surface area contributed by atoms with Crippen LogP contribution in [0, 0.1) is 5.92 Å². The monoisotopic (exact) mass is 425 g/mol. The Morgan fingerprint density at radius 2 is 2.07 bits per heavy atom. The lowest BCUT2D eigenvalue weighted by molar-refractivity contribution is 0.112. The molecule has 0 bridgehead atoms. The van der Waals surface area contributed by atoms with E-state index in [0.717, 1.165) is 39.3 Å². The molecular weight excluding hydrogens is 406 g/mol. The predicted molar refractivity (Wildman–Crippen MR) is 117 cm³/mol. The molecule has 148 valence electrons. The van der Waals surface area contributed by atoms with E-state index in [0.29, 0.717) is 35.4 Å². The summed E-state index contributed by atoms with van der Waals surface area (Å²) in [6.45, 7) is 4.89. The van der Waals surface area contributed by atoms with Crippen molar-refractivity contribution in [3.8, 4) is 17.3 Å². The van der Waals surface area contributed by atoms with Crippen molar-refractivity contribution in [1.29, 1.82) is 0 Å². The fourth-order valence-corrected chi connectivity index (χ4v) is 3.96. The number of hydrogen-bond donors (Lipinski definition) is 1. The zero-order valence-electron chi connectivity index (χ0n) is 16.1. The number of aromatic amines is 1. The number of hydrogen-bond acceptors (Lipinski definition) is 5. The Balaban J connectivity index is 1.58. The van der Waals surface area contributed by atoms with Crippen LogP contribution in [-0.2, 0) is 6.42 Å². The maximum absolute atomic E-state index is 11.0. The fourth-order valence-electron chi connectivity index (χ4n) is 2.96. The standard InChI is InChI=1S/C22H20ClN3O2S/c1-13(2)11-28-20-6-4-16(23)8-15(20)9-21-24-19(12-29-21)22-25-17-5-3-14(10-27)7-18(17)26-22/h3-8,10,12-13H,9,11H2,1-2H3,(H,25,26). The molecule has 4 aromatic rings. The molecule has 0 aliphatic carbocycles. The van der Waals surface area contributed by atoms with Crippen molar-refractivity contribution in [3.05, 3.63) is 62.9 Å². The van der Waals surface area contributed by atoms with Crippen molar-refractivity contribution < 1.29 is 9.53 Å². The van der Waals surface area contributed by atoms with Crippen LogP contribution in [0.15, 0.2) is 41.8 Å². The highest BCUT2D eigenvalue weighted by atomic mass is 35.5. The zero-order valence-corrected chi connectivity index (χ0v) is 17.7. The second-order valence-electron chi connectivity index (χ2n) is 7.24. The second kappa shape index (κ2) is 8.35. The molecule has 0 radical (unpaired) electrons. The summed E-state index contributed by atoms with van der Waals surface area (Å²) >= 11 is 7.77. The van der Waals surface area contributed by atoms with Crippen LogP contribution in [0.25, 0.3) is 22.6 Å². The minimum atomic E-state index is 0.442. The van der Waals surface area contributed by atoms with Gasteiger partial charge in [0.05, 0.1) is 22.6 Å². The van der Waals surface area contributed by atoms with Gasteiger partial charge in [0.25, 0.3) is 0 Å². The number of ether oxygens (including phenoxy) is 1. The number of carbonyl (C=O) groups excluding carboxylic acids is 1. The number of nitrogens with zero attached hydrogens (tertiary/aromatic N) is 2. The molecule has 0 saturated carbocycles. The molecule has 29 heavy (non-hydrogen) atoms. The van der Waals surface area contributed by atoms with Crippen LogP contribution in [0.3, 0.4) is 0 Å². The van der Waals surface area contributed by atoms with Crippen LogP contribution in [-0.4, -0.2) is 27.8 Å². The summed E-state index contributed by atoms with van der Waals surface area (Å²) in [5, 5.41) is 3.61. The molecule has 0 atom stereocenters. The van der Waals surface area contributed by atoms with E-state index in [-0.39, 0.29) is 0 Å². The van der Waals surface area contributed by atoms with Gasteiger partial charge in [-0.25, -0.2) is 9.97 Å². The van der Waals surface area contributed by atoms with E-state index in [4.69, 9.17) is 21.3 Å². The van der Waals surface area contributed by atoms with Gasteiger partial charge in [0.15, 0.2) is 5.82 Å². The van der Waals surface area contributed by atoms with Gasteiger partial charge in [0, 0.05) is 28.0 Å². The second-order valence-corrected chi connectivity index (χ2v) is 8.62. The molecule has 5 nitrogen and oxygen atoms in total. The lowest BCUT2D eigenvalue weighted by atomic mass is 10.1. The summed E-state index contributed by atoms with van der Waals surface area (Å²) in [7, 11) is 0. The average Bonchev–Trinajstić information content (AvgIpc) is 3.33. The number of halogens is 1. The van der Waals surface area contributed by atoms with Gasteiger partial charge in [0.2, 0.25) is 0 Å². The number of nitrogens with one attached hydrogen (secondary N) is 1. The molecule has 0 fully saturated rings. The molecular formula is C22H20ClN3O2S. The average molecular weight is 426 g/mol. The normalized spacial score (nSPS) is 11.3. The van der Waals surface area contributed by atoms with E-state index in [1.165, 1.54) is 0 Å². The topological polar surface area (TPSA) is 67.9 Å². The Morgan fingerprint density at radius 1 is 1.21 bits per heavy atom. The van der Waals surface area contributed by atoms with E-state index >= 15 is 0 Å². The number of carbonyl (C=O) groups is 1. The fraction of sp³-hybridized carbons (Fsp3) is 0.227. The first-order valence-corrected chi connectivity index (χ1v) is 10.6. The summed E-state index contributed by atoms with van der Waals surface area (Å²) in [5.74, 6) is 1.97. The molecule has 2 heterocycles. The SMILES string of the molecule is CC(C)COc1ccc(Cl)cc1Cc1nc(-c2nc3cc(C=O)ccc3[nH]2)cs1. The molecule has 0 saturated heterocycles. The minimum absolute atomic E-state index is 0.442. The number of rotatable bonds is 7. The van der Waals surface area contributed by atoms with Crippen molar-refractivity contribution in [1.82, 2.24) is 15.0 Å². The van der Waals surface area contributed by atoms with Gasteiger partial charge in [-0.2, -0.15) is 0 Å². The van der Waals surface area contributed by atoms with Gasteiger partial charge in [-0.05, 0) is 42.3 Å². The molecule has 4 rings (SSSR count). The lowest BCUT2D eigenvalue weighted by Crippen LogP contribution is -2.06. The van der Waals surface area contributed by atoms with Crippen LogP contribution in [0.1, 0.15) is 34.8 Å². The third-order valence-electron chi connectivity index (χ3n) is 4.37. The Hall–Kier alpha value is -2.70. The van der Waals surface area contributed by atoms with Crippen LogP contribution >= 0.6 is 22.9 Å². The number of benzene rings is 2. The van der Waals surface area contributed by atoms with E-state index in [2.05, 4.69) is 23.8 Å². The first-order chi connectivity index (χ1) is 14.0. The number of thiazole rings is 1.